The molecule has 2 aromatic rings. The van der Waals surface area contributed by atoms with Gasteiger partial charge in [0.1, 0.15) is 0 Å². The van der Waals surface area contributed by atoms with E-state index in [1.807, 2.05) is 33.8 Å². The zero-order valence-corrected chi connectivity index (χ0v) is 15.2. The maximum absolute atomic E-state index is 12.6. The Bertz CT molecular complexity index is 769. The molecule has 1 amide bonds. The van der Waals surface area contributed by atoms with Crippen LogP contribution in [-0.4, -0.2) is 50.7 Å². The van der Waals surface area contributed by atoms with Crippen molar-refractivity contribution < 1.29 is 9.53 Å². The van der Waals surface area contributed by atoms with Crippen LogP contribution in [0.2, 0.25) is 5.02 Å². The van der Waals surface area contributed by atoms with Crippen molar-refractivity contribution >= 4 is 29.3 Å². The number of amides is 1. The average Bonchev–Trinajstić information content (AvgIpc) is 3.12. The molecule has 0 N–H and O–H groups in total. The third-order valence-corrected chi connectivity index (χ3v) is 6.06. The van der Waals surface area contributed by atoms with E-state index in [1.165, 1.54) is 0 Å². The molecule has 0 radical (unpaired) electrons. The minimum Gasteiger partial charge on any atom is -0.370 e. The fourth-order valence-corrected chi connectivity index (χ4v) is 4.57. The predicted molar refractivity (Wildman–Crippen MR) is 96.4 cm³/mol. The number of rotatable bonds is 4. The number of aromatic nitrogens is 3. The largest absolute Gasteiger partial charge is 0.370 e. The summed E-state index contributed by atoms with van der Waals surface area (Å²) in [5.41, 5.74) is 2.04. The molecule has 1 aromatic heterocycles. The second-order valence-corrected chi connectivity index (χ2v) is 7.69. The lowest BCUT2D eigenvalue weighted by molar-refractivity contribution is -0.135. The molecule has 4 rings (SSSR count). The first kappa shape index (κ1) is 16.9. The number of halogens is 1. The van der Waals surface area contributed by atoms with Crippen LogP contribution in [-0.2, 0) is 21.9 Å². The molecule has 2 aliphatic heterocycles. The first-order valence-electron chi connectivity index (χ1n) is 8.32. The van der Waals surface area contributed by atoms with E-state index in [4.69, 9.17) is 16.3 Å². The molecular weight excluding hydrogens is 360 g/mol. The Morgan fingerprint density at radius 1 is 1.40 bits per heavy atom. The fraction of sp³-hybridized carbons (Fsp3) is 0.471. The van der Waals surface area contributed by atoms with Crippen molar-refractivity contribution in [1.29, 1.82) is 0 Å². The van der Waals surface area contributed by atoms with Gasteiger partial charge in [0.05, 0.1) is 36.4 Å². The summed E-state index contributed by atoms with van der Waals surface area (Å²) in [6, 6.07) is 7.82. The Morgan fingerprint density at radius 3 is 3.16 bits per heavy atom. The summed E-state index contributed by atoms with van der Waals surface area (Å²) in [5.74, 6) is 1.35. The number of thioether (sulfide) groups is 1. The van der Waals surface area contributed by atoms with Crippen LogP contribution < -0.4 is 0 Å². The summed E-state index contributed by atoms with van der Waals surface area (Å²) in [6.45, 7) is 1.92. The van der Waals surface area contributed by atoms with Crippen molar-refractivity contribution in [2.75, 3.05) is 18.8 Å². The number of benzene rings is 1. The maximum atomic E-state index is 12.6. The highest BCUT2D eigenvalue weighted by atomic mass is 35.5. The number of nitrogens with zero attached hydrogens (tertiary/aromatic N) is 4. The van der Waals surface area contributed by atoms with E-state index in [0.29, 0.717) is 18.9 Å². The average molecular weight is 379 g/mol. The van der Waals surface area contributed by atoms with Crippen molar-refractivity contribution in [3.8, 4) is 0 Å². The minimum atomic E-state index is 0.0671. The number of likely N-dealkylation sites (tertiary alicyclic amines) is 1. The molecule has 8 heteroatoms. The van der Waals surface area contributed by atoms with Crippen LogP contribution in [0.25, 0.3) is 0 Å². The first-order valence-corrected chi connectivity index (χ1v) is 9.85. The highest BCUT2D eigenvalue weighted by Crippen LogP contribution is 2.30. The third-order valence-electron chi connectivity index (χ3n) is 4.72. The lowest BCUT2D eigenvalue weighted by Gasteiger charge is -2.41. The van der Waals surface area contributed by atoms with Gasteiger partial charge in [-0.1, -0.05) is 35.0 Å². The molecule has 25 heavy (non-hydrogen) atoms. The molecule has 2 atom stereocenters. The van der Waals surface area contributed by atoms with Gasteiger partial charge in [-0.15, -0.1) is 16.9 Å². The number of hydrogen-bond acceptors (Lipinski definition) is 5. The number of carbonyl (C=O) groups is 1. The zero-order valence-electron chi connectivity index (χ0n) is 13.7. The smallest absolute Gasteiger partial charge is 0.232 e. The van der Waals surface area contributed by atoms with Crippen molar-refractivity contribution in [3.05, 3.63) is 46.7 Å². The fourth-order valence-electron chi connectivity index (χ4n) is 3.36. The molecule has 1 saturated heterocycles. The van der Waals surface area contributed by atoms with Gasteiger partial charge in [0.2, 0.25) is 5.91 Å². The number of fused-ring (bicyclic) bond motifs is 3. The molecular formula is C17H19ClN4O2S. The maximum Gasteiger partial charge on any atom is 0.232 e. The molecule has 132 valence electrons. The molecule has 2 aliphatic rings. The number of piperidine rings is 1. The first-order chi connectivity index (χ1) is 12.2. The van der Waals surface area contributed by atoms with Crippen molar-refractivity contribution in [2.24, 2.45) is 0 Å². The van der Waals surface area contributed by atoms with E-state index < -0.39 is 0 Å². The summed E-state index contributed by atoms with van der Waals surface area (Å²) in [4.78, 5) is 14.5. The van der Waals surface area contributed by atoms with Gasteiger partial charge in [-0.05, 0) is 18.1 Å². The third kappa shape index (κ3) is 3.54. The van der Waals surface area contributed by atoms with E-state index in [2.05, 4.69) is 10.3 Å². The Hall–Kier alpha value is -1.57. The van der Waals surface area contributed by atoms with Crippen LogP contribution in [0.3, 0.4) is 0 Å². The lowest BCUT2D eigenvalue weighted by atomic mass is 10.0. The topological polar surface area (TPSA) is 60.3 Å². The number of hydrogen-bond donors (Lipinski definition) is 0. The van der Waals surface area contributed by atoms with Gasteiger partial charge in [0, 0.05) is 23.9 Å². The Balaban J connectivity index is 1.34. The van der Waals surface area contributed by atoms with Crippen LogP contribution in [0, 0.1) is 0 Å². The molecule has 6 nitrogen and oxygen atoms in total. The molecule has 0 bridgehead atoms. The van der Waals surface area contributed by atoms with Gasteiger partial charge in [-0.3, -0.25) is 4.79 Å². The van der Waals surface area contributed by atoms with Crippen LogP contribution in [0.5, 0.6) is 0 Å². The predicted octanol–water partition coefficient (Wildman–Crippen LogP) is 2.54. The molecule has 0 spiro atoms. The Kier molecular flexibility index (Phi) is 4.96. The van der Waals surface area contributed by atoms with Crippen LogP contribution in [0.15, 0.2) is 30.5 Å². The van der Waals surface area contributed by atoms with Gasteiger partial charge < -0.3 is 9.64 Å². The highest BCUT2D eigenvalue weighted by Gasteiger charge is 2.37. The SMILES string of the molecule is O=C(CSCc1ccccc1Cl)N1CC[C@@H]2OCc3cnnn3[C@@H]2C1. The standard InChI is InChI=1S/C17H19ClN4O2S/c18-14-4-2-1-3-12(14)10-25-11-17(23)21-6-5-16-15(8-21)22-13(9-24-16)7-19-20-22/h1-4,7,15-16H,5-6,8-11H2/t15-,16+/m1/s1. The number of carbonyl (C=O) groups excluding carboxylic acids is 1. The molecule has 1 aromatic carbocycles. The highest BCUT2D eigenvalue weighted by molar-refractivity contribution is 7.99. The van der Waals surface area contributed by atoms with Crippen molar-refractivity contribution in [2.45, 2.75) is 30.9 Å². The monoisotopic (exact) mass is 378 g/mol. The second kappa shape index (κ2) is 7.35. The van der Waals surface area contributed by atoms with Gasteiger partial charge in [-0.2, -0.15) is 0 Å². The lowest BCUT2D eigenvalue weighted by Crippen LogP contribution is -2.50. The van der Waals surface area contributed by atoms with Gasteiger partial charge in [0.15, 0.2) is 0 Å². The van der Waals surface area contributed by atoms with Crippen molar-refractivity contribution in [3.63, 3.8) is 0 Å². The Labute approximate surface area is 155 Å². The van der Waals surface area contributed by atoms with E-state index in [-0.39, 0.29) is 18.1 Å². The Morgan fingerprint density at radius 2 is 2.28 bits per heavy atom. The molecule has 0 unspecified atom stereocenters. The molecule has 1 fully saturated rings. The second-order valence-electron chi connectivity index (χ2n) is 6.30. The van der Waals surface area contributed by atoms with Gasteiger partial charge in [0.25, 0.3) is 0 Å². The summed E-state index contributed by atoms with van der Waals surface area (Å²) >= 11 is 7.76. The summed E-state index contributed by atoms with van der Waals surface area (Å²) in [7, 11) is 0. The van der Waals surface area contributed by atoms with E-state index in [1.54, 1.807) is 18.0 Å². The van der Waals surface area contributed by atoms with E-state index >= 15 is 0 Å². The normalized spacial score (nSPS) is 22.4. The van der Waals surface area contributed by atoms with E-state index in [0.717, 1.165) is 35.0 Å². The molecule has 3 heterocycles. The van der Waals surface area contributed by atoms with Crippen LogP contribution >= 0.6 is 23.4 Å². The minimum absolute atomic E-state index is 0.0671. The summed E-state index contributed by atoms with van der Waals surface area (Å²) in [5, 5.41) is 8.90. The molecule has 0 saturated carbocycles. The quantitative estimate of drug-likeness (QED) is 0.818. The van der Waals surface area contributed by atoms with E-state index in [9.17, 15) is 4.79 Å². The number of ether oxygens (including phenoxy) is 1. The zero-order chi connectivity index (χ0) is 17.2. The van der Waals surface area contributed by atoms with Crippen LogP contribution in [0.1, 0.15) is 23.7 Å². The van der Waals surface area contributed by atoms with Gasteiger partial charge >= 0.3 is 0 Å². The van der Waals surface area contributed by atoms with Gasteiger partial charge in [-0.25, -0.2) is 4.68 Å². The van der Waals surface area contributed by atoms with Crippen LogP contribution in [0.4, 0.5) is 0 Å². The van der Waals surface area contributed by atoms with Crippen molar-refractivity contribution in [1.82, 2.24) is 19.9 Å². The summed E-state index contributed by atoms with van der Waals surface area (Å²) in [6.07, 6.45) is 2.69. The summed E-state index contributed by atoms with van der Waals surface area (Å²) < 4.78 is 7.81. The molecule has 0 aliphatic carbocycles.